The van der Waals surface area contributed by atoms with Gasteiger partial charge in [-0.2, -0.15) is 0 Å². The van der Waals surface area contributed by atoms with Gasteiger partial charge < -0.3 is 10.2 Å². The molecule has 21 heavy (non-hydrogen) atoms. The molecule has 2 rings (SSSR count). The molecule has 4 heteroatoms. The minimum atomic E-state index is 0. The highest BCUT2D eigenvalue weighted by molar-refractivity contribution is 5.94. The van der Waals surface area contributed by atoms with Crippen LogP contribution < -0.4 is 10.2 Å². The fourth-order valence-electron chi connectivity index (χ4n) is 2.15. The summed E-state index contributed by atoms with van der Waals surface area (Å²) in [5.41, 5.74) is 2.39. The molecule has 1 amide bonds. The summed E-state index contributed by atoms with van der Waals surface area (Å²) in [5, 5.41) is 3.24. The van der Waals surface area contributed by atoms with Gasteiger partial charge in [-0.15, -0.1) is 12.4 Å². The van der Waals surface area contributed by atoms with E-state index in [2.05, 4.69) is 38.2 Å². The zero-order chi connectivity index (χ0) is 14.8. The highest BCUT2D eigenvalue weighted by Gasteiger charge is 2.21. The Bertz CT molecular complexity index is 461. The zero-order valence-corrected chi connectivity index (χ0v) is 14.3. The Labute approximate surface area is 134 Å². The van der Waals surface area contributed by atoms with Gasteiger partial charge in [-0.25, -0.2) is 0 Å². The van der Waals surface area contributed by atoms with Gasteiger partial charge in [-0.05, 0) is 48.4 Å². The minimum Gasteiger partial charge on any atom is -0.314 e. The lowest BCUT2D eigenvalue weighted by Crippen LogP contribution is -2.36. The molecular weight excluding hydrogens is 284 g/mol. The molecule has 0 atom stereocenters. The fraction of sp³-hybridized carbons (Fsp3) is 0.588. The van der Waals surface area contributed by atoms with Crippen LogP contribution in [0.5, 0.6) is 0 Å². The lowest BCUT2D eigenvalue weighted by Gasteiger charge is -2.22. The van der Waals surface area contributed by atoms with Crippen molar-refractivity contribution in [1.82, 2.24) is 5.32 Å². The third-order valence-corrected chi connectivity index (χ3v) is 3.90. The molecule has 1 aromatic carbocycles. The average Bonchev–Trinajstić information content (AvgIpc) is 3.21. The molecule has 0 unspecified atom stereocenters. The second-order valence-corrected chi connectivity index (χ2v) is 6.82. The van der Waals surface area contributed by atoms with Crippen molar-refractivity contribution in [1.29, 1.82) is 0 Å². The summed E-state index contributed by atoms with van der Waals surface area (Å²) in [6, 6.07) is 8.27. The Kier molecular flexibility index (Phi) is 6.24. The van der Waals surface area contributed by atoms with Gasteiger partial charge in [-0.1, -0.05) is 32.9 Å². The number of halogens is 1. The van der Waals surface area contributed by atoms with E-state index in [0.29, 0.717) is 6.54 Å². The van der Waals surface area contributed by atoms with E-state index in [9.17, 15) is 4.79 Å². The fourth-order valence-corrected chi connectivity index (χ4v) is 2.15. The number of nitrogens with zero attached hydrogens (tertiary/aromatic N) is 1. The number of rotatable bonds is 5. The van der Waals surface area contributed by atoms with Crippen LogP contribution in [0.3, 0.4) is 0 Å². The molecule has 118 valence electrons. The van der Waals surface area contributed by atoms with Crippen molar-refractivity contribution in [2.75, 3.05) is 25.0 Å². The SMILES string of the molecule is CN(C(=O)CNCC1CC1)c1ccc(C(C)(C)C)cc1.Cl. The van der Waals surface area contributed by atoms with Gasteiger partial charge in [-0.3, -0.25) is 4.79 Å². The molecule has 0 spiro atoms. The first kappa shape index (κ1) is 18.0. The molecular formula is C17H27ClN2O. The van der Waals surface area contributed by atoms with E-state index in [1.54, 1.807) is 4.90 Å². The molecule has 0 heterocycles. The molecule has 0 saturated heterocycles. The van der Waals surface area contributed by atoms with E-state index >= 15 is 0 Å². The van der Waals surface area contributed by atoms with Crippen LogP contribution in [0.2, 0.25) is 0 Å². The van der Waals surface area contributed by atoms with Crippen LogP contribution in [0.15, 0.2) is 24.3 Å². The van der Waals surface area contributed by atoms with E-state index in [4.69, 9.17) is 0 Å². The van der Waals surface area contributed by atoms with Crippen molar-refractivity contribution < 1.29 is 4.79 Å². The van der Waals surface area contributed by atoms with Gasteiger partial charge in [0.1, 0.15) is 0 Å². The first-order chi connectivity index (χ1) is 9.38. The summed E-state index contributed by atoms with van der Waals surface area (Å²) in [4.78, 5) is 13.8. The number of benzene rings is 1. The zero-order valence-electron chi connectivity index (χ0n) is 13.5. The average molecular weight is 311 g/mol. The predicted octanol–water partition coefficient (Wildman–Crippen LogP) is 3.37. The molecule has 1 aromatic rings. The minimum absolute atomic E-state index is 0. The first-order valence-electron chi connectivity index (χ1n) is 7.46. The number of hydrogen-bond donors (Lipinski definition) is 1. The van der Waals surface area contributed by atoms with Crippen molar-refractivity contribution in [2.45, 2.75) is 39.0 Å². The van der Waals surface area contributed by atoms with Crippen molar-refractivity contribution in [2.24, 2.45) is 5.92 Å². The van der Waals surface area contributed by atoms with Gasteiger partial charge in [0, 0.05) is 12.7 Å². The number of amides is 1. The van der Waals surface area contributed by atoms with E-state index in [-0.39, 0.29) is 23.7 Å². The predicted molar refractivity (Wildman–Crippen MR) is 91.4 cm³/mol. The second-order valence-electron chi connectivity index (χ2n) is 6.82. The quantitative estimate of drug-likeness (QED) is 0.904. The molecule has 0 aromatic heterocycles. The smallest absolute Gasteiger partial charge is 0.240 e. The molecule has 3 nitrogen and oxygen atoms in total. The summed E-state index contributed by atoms with van der Waals surface area (Å²) in [6.45, 7) is 7.98. The monoisotopic (exact) mass is 310 g/mol. The normalized spacial score (nSPS) is 14.5. The largest absolute Gasteiger partial charge is 0.314 e. The van der Waals surface area contributed by atoms with Gasteiger partial charge in [0.15, 0.2) is 0 Å². The molecule has 0 radical (unpaired) electrons. The number of anilines is 1. The first-order valence-corrected chi connectivity index (χ1v) is 7.46. The Hall–Kier alpha value is -1.06. The summed E-state index contributed by atoms with van der Waals surface area (Å²) < 4.78 is 0. The Morgan fingerprint density at radius 2 is 1.81 bits per heavy atom. The summed E-state index contributed by atoms with van der Waals surface area (Å²) in [5.74, 6) is 0.924. The lowest BCUT2D eigenvalue weighted by atomic mass is 9.87. The van der Waals surface area contributed by atoms with Crippen molar-refractivity contribution in [3.63, 3.8) is 0 Å². The van der Waals surface area contributed by atoms with E-state index < -0.39 is 0 Å². The van der Waals surface area contributed by atoms with Crippen molar-refractivity contribution in [3.05, 3.63) is 29.8 Å². The second kappa shape index (κ2) is 7.28. The van der Waals surface area contributed by atoms with Crippen LogP contribution in [0.4, 0.5) is 5.69 Å². The highest BCUT2D eigenvalue weighted by atomic mass is 35.5. The number of carbonyl (C=O) groups is 1. The van der Waals surface area contributed by atoms with Gasteiger partial charge in [0.25, 0.3) is 0 Å². The van der Waals surface area contributed by atoms with Crippen LogP contribution in [-0.2, 0) is 10.2 Å². The summed E-state index contributed by atoms with van der Waals surface area (Å²) in [6.07, 6.45) is 2.62. The van der Waals surface area contributed by atoms with E-state index in [1.807, 2.05) is 19.2 Å². The van der Waals surface area contributed by atoms with E-state index in [1.165, 1.54) is 18.4 Å². The topological polar surface area (TPSA) is 32.3 Å². The molecule has 1 N–H and O–H groups in total. The Morgan fingerprint density at radius 3 is 2.29 bits per heavy atom. The van der Waals surface area contributed by atoms with Crippen LogP contribution in [0.25, 0.3) is 0 Å². The Morgan fingerprint density at radius 1 is 1.24 bits per heavy atom. The van der Waals surface area contributed by atoms with Gasteiger partial charge >= 0.3 is 0 Å². The summed E-state index contributed by atoms with van der Waals surface area (Å²) >= 11 is 0. The molecule has 1 saturated carbocycles. The maximum Gasteiger partial charge on any atom is 0.240 e. The van der Waals surface area contributed by atoms with Gasteiger partial charge in [0.05, 0.1) is 6.54 Å². The molecule has 0 aliphatic heterocycles. The van der Waals surface area contributed by atoms with Crippen LogP contribution in [0, 0.1) is 5.92 Å². The third kappa shape index (κ3) is 5.33. The maximum atomic E-state index is 12.1. The number of hydrogen-bond acceptors (Lipinski definition) is 2. The van der Waals surface area contributed by atoms with E-state index in [0.717, 1.165) is 18.2 Å². The Balaban J connectivity index is 0.00000220. The number of carbonyl (C=O) groups excluding carboxylic acids is 1. The van der Waals surface area contributed by atoms with Crippen LogP contribution in [0.1, 0.15) is 39.2 Å². The third-order valence-electron chi connectivity index (χ3n) is 3.90. The van der Waals surface area contributed by atoms with Crippen molar-refractivity contribution in [3.8, 4) is 0 Å². The standard InChI is InChI=1S/C17H26N2O.ClH/c1-17(2,3)14-7-9-15(10-8-14)19(4)16(20)12-18-11-13-5-6-13;/h7-10,13,18H,5-6,11-12H2,1-4H3;1H. The molecule has 1 aliphatic carbocycles. The van der Waals surface area contributed by atoms with Gasteiger partial charge in [0.2, 0.25) is 5.91 Å². The van der Waals surface area contributed by atoms with Crippen LogP contribution >= 0.6 is 12.4 Å². The number of likely N-dealkylation sites (N-methyl/N-ethyl adjacent to an activating group) is 1. The maximum absolute atomic E-state index is 12.1. The summed E-state index contributed by atoms with van der Waals surface area (Å²) in [7, 11) is 1.84. The molecule has 1 fully saturated rings. The van der Waals surface area contributed by atoms with Crippen LogP contribution in [-0.4, -0.2) is 26.0 Å². The lowest BCUT2D eigenvalue weighted by molar-refractivity contribution is -0.117. The molecule has 1 aliphatic rings. The molecule has 0 bridgehead atoms. The highest BCUT2D eigenvalue weighted by Crippen LogP contribution is 2.27. The number of nitrogens with one attached hydrogen (secondary N) is 1. The van der Waals surface area contributed by atoms with Crippen molar-refractivity contribution >= 4 is 24.0 Å².